The molecule has 30 heavy (non-hydrogen) atoms. The second-order valence-electron chi connectivity index (χ2n) is 9.21. The number of nitrogens with zero attached hydrogens (tertiary/aromatic N) is 1. The number of amides is 1. The standard InChI is InChI=1S/C22H28N2O6/c1-29-19-4-3-13(9-18(19)24(27)28)8-17(20(25)30-2)23-21(26)22-10-14-5-15(11-22)7-16(6-14)12-22/h3-4,9,14-17H,5-8,10-12H2,1-2H3,(H,23,26)/t14?,15?,16?,17-,22?/m0/s1. The fourth-order valence-corrected chi connectivity index (χ4v) is 6.28. The van der Waals surface area contributed by atoms with E-state index in [-0.39, 0.29) is 29.2 Å². The van der Waals surface area contributed by atoms with E-state index in [4.69, 9.17) is 9.47 Å². The number of carbonyl (C=O) groups is 2. The lowest BCUT2D eigenvalue weighted by Crippen LogP contribution is -2.56. The minimum atomic E-state index is -0.886. The fourth-order valence-electron chi connectivity index (χ4n) is 6.28. The molecule has 1 aromatic carbocycles. The highest BCUT2D eigenvalue weighted by molar-refractivity contribution is 5.88. The van der Waals surface area contributed by atoms with Gasteiger partial charge in [-0.2, -0.15) is 0 Å². The van der Waals surface area contributed by atoms with Crippen molar-refractivity contribution < 1.29 is 24.0 Å². The van der Waals surface area contributed by atoms with Crippen LogP contribution in [0.25, 0.3) is 0 Å². The van der Waals surface area contributed by atoms with E-state index in [1.165, 1.54) is 45.6 Å². The third-order valence-corrected chi connectivity index (χ3v) is 7.19. The summed E-state index contributed by atoms with van der Waals surface area (Å²) in [7, 11) is 2.65. The van der Waals surface area contributed by atoms with Gasteiger partial charge in [0.15, 0.2) is 5.75 Å². The van der Waals surface area contributed by atoms with Gasteiger partial charge in [0.2, 0.25) is 5.91 Å². The number of benzene rings is 1. The maximum atomic E-state index is 13.3. The van der Waals surface area contributed by atoms with E-state index in [0.717, 1.165) is 19.3 Å². The predicted octanol–water partition coefficient (Wildman–Crippen LogP) is 3.02. The van der Waals surface area contributed by atoms with Crippen LogP contribution in [0, 0.1) is 33.3 Å². The molecule has 4 saturated carbocycles. The van der Waals surface area contributed by atoms with Crippen LogP contribution in [0.1, 0.15) is 44.1 Å². The summed E-state index contributed by atoms with van der Waals surface area (Å²) < 4.78 is 9.95. The molecule has 4 bridgehead atoms. The topological polar surface area (TPSA) is 108 Å². The van der Waals surface area contributed by atoms with E-state index in [1.807, 2.05) is 0 Å². The number of carbonyl (C=O) groups excluding carboxylic acids is 2. The molecule has 4 fully saturated rings. The Labute approximate surface area is 175 Å². The van der Waals surface area contributed by atoms with Crippen LogP contribution in [0.15, 0.2) is 18.2 Å². The molecule has 1 N–H and O–H groups in total. The molecule has 8 nitrogen and oxygen atoms in total. The van der Waals surface area contributed by atoms with Crippen molar-refractivity contribution in [3.05, 3.63) is 33.9 Å². The highest BCUT2D eigenvalue weighted by atomic mass is 16.6. The van der Waals surface area contributed by atoms with Gasteiger partial charge in [-0.25, -0.2) is 4.79 Å². The van der Waals surface area contributed by atoms with Crippen LogP contribution in [0.2, 0.25) is 0 Å². The van der Waals surface area contributed by atoms with Crippen molar-refractivity contribution in [3.8, 4) is 5.75 Å². The molecule has 8 heteroatoms. The molecule has 5 rings (SSSR count). The van der Waals surface area contributed by atoms with Crippen molar-refractivity contribution >= 4 is 17.6 Å². The number of ether oxygens (including phenoxy) is 2. The lowest BCUT2D eigenvalue weighted by atomic mass is 9.49. The molecule has 0 aliphatic heterocycles. The first-order chi connectivity index (χ1) is 14.3. The Kier molecular flexibility index (Phi) is 5.42. The van der Waals surface area contributed by atoms with Crippen molar-refractivity contribution in [2.45, 2.75) is 51.0 Å². The van der Waals surface area contributed by atoms with Gasteiger partial charge in [-0.15, -0.1) is 0 Å². The first kappa shape index (κ1) is 20.6. The second kappa shape index (κ2) is 7.89. The molecular weight excluding hydrogens is 388 g/mol. The van der Waals surface area contributed by atoms with Gasteiger partial charge in [-0.05, 0) is 67.9 Å². The van der Waals surface area contributed by atoms with Crippen LogP contribution in [0.3, 0.4) is 0 Å². The summed E-state index contributed by atoms with van der Waals surface area (Å²) in [4.78, 5) is 36.6. The smallest absolute Gasteiger partial charge is 0.328 e. The van der Waals surface area contributed by atoms with Gasteiger partial charge in [0, 0.05) is 17.9 Å². The molecule has 1 aromatic rings. The fraction of sp³-hybridized carbons (Fsp3) is 0.636. The molecule has 0 aromatic heterocycles. The minimum Gasteiger partial charge on any atom is -0.490 e. The zero-order valence-corrected chi connectivity index (χ0v) is 17.4. The number of methoxy groups -OCH3 is 2. The molecule has 162 valence electrons. The zero-order valence-electron chi connectivity index (χ0n) is 17.4. The third kappa shape index (κ3) is 3.75. The monoisotopic (exact) mass is 416 g/mol. The normalized spacial score (nSPS) is 29.9. The average molecular weight is 416 g/mol. The summed E-state index contributed by atoms with van der Waals surface area (Å²) in [5.41, 5.74) is 0.00200. The molecular formula is C22H28N2O6. The number of hydrogen-bond donors (Lipinski definition) is 1. The number of nitro benzene ring substituents is 1. The summed E-state index contributed by atoms with van der Waals surface area (Å²) in [6.07, 6.45) is 6.48. The molecule has 4 aliphatic rings. The second-order valence-corrected chi connectivity index (χ2v) is 9.21. The summed E-state index contributed by atoms with van der Waals surface area (Å²) in [6.45, 7) is 0. The molecule has 0 spiro atoms. The molecule has 0 saturated heterocycles. The lowest BCUT2D eigenvalue weighted by molar-refractivity contribution is -0.385. The SMILES string of the molecule is COC(=O)[C@H](Cc1ccc(OC)c([N+](=O)[O-])c1)NC(=O)C12CC3CC(CC(C3)C1)C2. The van der Waals surface area contributed by atoms with E-state index in [0.29, 0.717) is 23.3 Å². The first-order valence-corrected chi connectivity index (χ1v) is 10.5. The number of nitrogens with one attached hydrogen (secondary N) is 1. The van der Waals surface area contributed by atoms with Gasteiger partial charge >= 0.3 is 11.7 Å². The largest absolute Gasteiger partial charge is 0.490 e. The van der Waals surface area contributed by atoms with Crippen LogP contribution in [0.4, 0.5) is 5.69 Å². The van der Waals surface area contributed by atoms with Crippen molar-refractivity contribution in [1.82, 2.24) is 5.32 Å². The van der Waals surface area contributed by atoms with E-state index < -0.39 is 16.9 Å². The maximum Gasteiger partial charge on any atom is 0.328 e. The number of nitro groups is 1. The van der Waals surface area contributed by atoms with Crippen LogP contribution in [0.5, 0.6) is 5.75 Å². The Morgan fingerprint density at radius 1 is 1.17 bits per heavy atom. The maximum absolute atomic E-state index is 13.3. The van der Waals surface area contributed by atoms with Crippen LogP contribution in [-0.2, 0) is 20.7 Å². The van der Waals surface area contributed by atoms with Gasteiger partial charge in [0.05, 0.1) is 19.1 Å². The number of esters is 1. The quantitative estimate of drug-likeness (QED) is 0.416. The van der Waals surface area contributed by atoms with Gasteiger partial charge in [-0.3, -0.25) is 14.9 Å². The van der Waals surface area contributed by atoms with Crippen LogP contribution < -0.4 is 10.1 Å². The summed E-state index contributed by atoms with van der Waals surface area (Å²) >= 11 is 0. The summed E-state index contributed by atoms with van der Waals surface area (Å²) in [6, 6.07) is 3.66. The Morgan fingerprint density at radius 2 is 1.77 bits per heavy atom. The van der Waals surface area contributed by atoms with Gasteiger partial charge in [-0.1, -0.05) is 6.07 Å². The van der Waals surface area contributed by atoms with E-state index in [2.05, 4.69) is 5.32 Å². The molecule has 0 heterocycles. The van der Waals surface area contributed by atoms with Crippen molar-refractivity contribution in [3.63, 3.8) is 0 Å². The zero-order chi connectivity index (χ0) is 21.5. The molecule has 4 aliphatic carbocycles. The third-order valence-electron chi connectivity index (χ3n) is 7.19. The Balaban J connectivity index is 1.53. The van der Waals surface area contributed by atoms with E-state index in [1.54, 1.807) is 6.07 Å². The molecule has 1 amide bonds. The van der Waals surface area contributed by atoms with Crippen molar-refractivity contribution in [1.29, 1.82) is 0 Å². The average Bonchev–Trinajstić information content (AvgIpc) is 2.71. The Morgan fingerprint density at radius 3 is 2.27 bits per heavy atom. The first-order valence-electron chi connectivity index (χ1n) is 10.5. The highest BCUT2D eigenvalue weighted by Crippen LogP contribution is 2.60. The van der Waals surface area contributed by atoms with Crippen molar-refractivity contribution in [2.75, 3.05) is 14.2 Å². The van der Waals surface area contributed by atoms with E-state index in [9.17, 15) is 19.7 Å². The van der Waals surface area contributed by atoms with Crippen LogP contribution >= 0.6 is 0 Å². The highest BCUT2D eigenvalue weighted by Gasteiger charge is 2.55. The van der Waals surface area contributed by atoms with Gasteiger partial charge < -0.3 is 14.8 Å². The predicted molar refractivity (Wildman–Crippen MR) is 108 cm³/mol. The minimum absolute atomic E-state index is 0.0694. The Hall–Kier alpha value is -2.64. The summed E-state index contributed by atoms with van der Waals surface area (Å²) in [5, 5.41) is 14.2. The summed E-state index contributed by atoms with van der Waals surface area (Å²) in [5.74, 6) is 1.37. The number of rotatable bonds is 7. The lowest BCUT2D eigenvalue weighted by Gasteiger charge is -2.55. The molecule has 1 atom stereocenters. The van der Waals surface area contributed by atoms with Gasteiger partial charge in [0.25, 0.3) is 0 Å². The van der Waals surface area contributed by atoms with Crippen molar-refractivity contribution in [2.24, 2.45) is 23.2 Å². The van der Waals surface area contributed by atoms with Gasteiger partial charge in [0.1, 0.15) is 6.04 Å². The molecule has 0 unspecified atom stereocenters. The number of hydrogen-bond acceptors (Lipinski definition) is 6. The van der Waals surface area contributed by atoms with E-state index >= 15 is 0 Å². The Bertz CT molecular complexity index is 832. The van der Waals surface area contributed by atoms with Crippen LogP contribution in [-0.4, -0.2) is 37.1 Å². The molecule has 0 radical (unpaired) electrons.